The molecule has 0 aromatic rings. The van der Waals surface area contributed by atoms with E-state index in [1.54, 1.807) is 19.0 Å². The zero-order valence-electron chi connectivity index (χ0n) is 9.69. The first-order chi connectivity index (χ1) is 7.02. The van der Waals surface area contributed by atoms with Crippen LogP contribution in [0.5, 0.6) is 0 Å². The minimum Gasteiger partial charge on any atom is -0.369 e. The van der Waals surface area contributed by atoms with Gasteiger partial charge in [-0.1, -0.05) is 0 Å². The highest BCUT2D eigenvalue weighted by atomic mass is 16.5. The number of hydrogen-bond acceptors (Lipinski definition) is 3. The molecule has 2 heterocycles. The van der Waals surface area contributed by atoms with Crippen molar-refractivity contribution in [1.82, 2.24) is 14.7 Å². The van der Waals surface area contributed by atoms with Gasteiger partial charge in [0.25, 0.3) is 0 Å². The zero-order chi connectivity index (χ0) is 11.1. The maximum atomic E-state index is 11.8. The Morgan fingerprint density at radius 1 is 1.33 bits per heavy atom. The van der Waals surface area contributed by atoms with Gasteiger partial charge in [0.2, 0.25) is 0 Å². The molecule has 86 valence electrons. The first kappa shape index (κ1) is 10.7. The lowest BCUT2D eigenvalue weighted by Crippen LogP contribution is -2.70. The number of nitrogens with zero attached hydrogens (tertiary/aromatic N) is 3. The van der Waals surface area contributed by atoms with Crippen molar-refractivity contribution in [3.63, 3.8) is 0 Å². The van der Waals surface area contributed by atoms with Crippen LogP contribution >= 0.6 is 0 Å². The molecule has 0 aromatic carbocycles. The van der Waals surface area contributed by atoms with Crippen LogP contribution in [0.25, 0.3) is 0 Å². The molecule has 2 rings (SSSR count). The van der Waals surface area contributed by atoms with E-state index in [9.17, 15) is 4.79 Å². The lowest BCUT2D eigenvalue weighted by Gasteiger charge is -2.52. The molecule has 2 aliphatic heterocycles. The van der Waals surface area contributed by atoms with Gasteiger partial charge in [0.1, 0.15) is 5.60 Å². The fourth-order valence-corrected chi connectivity index (χ4v) is 2.42. The molecule has 5 heteroatoms. The number of carbonyl (C=O) groups excluding carboxylic acids is 1. The van der Waals surface area contributed by atoms with E-state index in [0.717, 1.165) is 19.6 Å². The van der Waals surface area contributed by atoms with Gasteiger partial charge in [-0.15, -0.1) is 0 Å². The van der Waals surface area contributed by atoms with Crippen LogP contribution in [-0.4, -0.2) is 80.3 Å². The Morgan fingerprint density at radius 2 is 2.00 bits per heavy atom. The van der Waals surface area contributed by atoms with E-state index in [-0.39, 0.29) is 11.6 Å². The van der Waals surface area contributed by atoms with Crippen molar-refractivity contribution in [2.24, 2.45) is 0 Å². The minimum absolute atomic E-state index is 0.0847. The molecule has 0 aromatic heterocycles. The summed E-state index contributed by atoms with van der Waals surface area (Å²) in [7, 11) is 5.65. The molecule has 5 nitrogen and oxygen atoms in total. The van der Waals surface area contributed by atoms with Gasteiger partial charge in [0.15, 0.2) is 0 Å². The highest BCUT2D eigenvalue weighted by molar-refractivity contribution is 5.74. The Labute approximate surface area is 90.6 Å². The van der Waals surface area contributed by atoms with Crippen molar-refractivity contribution in [2.45, 2.75) is 5.60 Å². The third kappa shape index (κ3) is 1.94. The van der Waals surface area contributed by atoms with Gasteiger partial charge in [-0.2, -0.15) is 0 Å². The highest BCUT2D eigenvalue weighted by Crippen LogP contribution is 2.27. The van der Waals surface area contributed by atoms with Crippen LogP contribution in [0.3, 0.4) is 0 Å². The molecule has 2 amide bonds. The largest absolute Gasteiger partial charge is 0.369 e. The van der Waals surface area contributed by atoms with E-state index in [4.69, 9.17) is 4.74 Å². The maximum absolute atomic E-state index is 11.8. The molecule has 0 bridgehead atoms. The van der Waals surface area contributed by atoms with E-state index in [2.05, 4.69) is 11.9 Å². The second kappa shape index (κ2) is 3.64. The quantitative estimate of drug-likeness (QED) is 0.553. The number of morpholine rings is 1. The summed E-state index contributed by atoms with van der Waals surface area (Å²) < 4.78 is 5.78. The molecular weight excluding hydrogens is 194 g/mol. The standard InChI is InChI=1S/C10H19N3O2/c1-11(2)9(14)13-4-5-15-10(8-13)6-12(3)7-10/h4-8H2,1-3H3. The Morgan fingerprint density at radius 3 is 2.53 bits per heavy atom. The lowest BCUT2D eigenvalue weighted by molar-refractivity contribution is -0.170. The molecule has 0 saturated carbocycles. The summed E-state index contributed by atoms with van der Waals surface area (Å²) in [5, 5.41) is 0. The van der Waals surface area contributed by atoms with Crippen LogP contribution in [0, 0.1) is 0 Å². The number of amides is 2. The number of ether oxygens (including phenoxy) is 1. The minimum atomic E-state index is -0.0847. The van der Waals surface area contributed by atoms with Gasteiger partial charge >= 0.3 is 6.03 Å². The topological polar surface area (TPSA) is 36.0 Å². The van der Waals surface area contributed by atoms with Crippen molar-refractivity contribution >= 4 is 6.03 Å². The van der Waals surface area contributed by atoms with E-state index < -0.39 is 0 Å². The predicted octanol–water partition coefficient (Wildman–Crippen LogP) is -0.316. The van der Waals surface area contributed by atoms with Crippen LogP contribution in [0.15, 0.2) is 0 Å². The van der Waals surface area contributed by atoms with Crippen LogP contribution < -0.4 is 0 Å². The number of hydrogen-bond donors (Lipinski definition) is 0. The van der Waals surface area contributed by atoms with Gasteiger partial charge in [0, 0.05) is 33.7 Å². The first-order valence-corrected chi connectivity index (χ1v) is 5.31. The van der Waals surface area contributed by atoms with Gasteiger partial charge in [-0.3, -0.25) is 0 Å². The molecule has 2 aliphatic rings. The number of carbonyl (C=O) groups is 1. The van der Waals surface area contributed by atoms with Gasteiger partial charge in [0.05, 0.1) is 13.2 Å². The van der Waals surface area contributed by atoms with E-state index >= 15 is 0 Å². The third-order valence-corrected chi connectivity index (χ3v) is 3.02. The second-order valence-electron chi connectivity index (χ2n) is 4.80. The van der Waals surface area contributed by atoms with Crippen molar-refractivity contribution < 1.29 is 9.53 Å². The van der Waals surface area contributed by atoms with Gasteiger partial charge < -0.3 is 19.4 Å². The van der Waals surface area contributed by atoms with Crippen LogP contribution in [0.2, 0.25) is 0 Å². The molecule has 0 unspecified atom stereocenters. The average molecular weight is 213 g/mol. The van der Waals surface area contributed by atoms with Crippen LogP contribution in [-0.2, 0) is 4.74 Å². The lowest BCUT2D eigenvalue weighted by atomic mass is 9.93. The molecule has 0 atom stereocenters. The average Bonchev–Trinajstić information content (AvgIpc) is 2.15. The molecule has 0 aliphatic carbocycles. The molecule has 2 fully saturated rings. The number of likely N-dealkylation sites (N-methyl/N-ethyl adjacent to an activating group) is 1. The van der Waals surface area contributed by atoms with Crippen molar-refractivity contribution in [3.05, 3.63) is 0 Å². The molecule has 0 N–H and O–H groups in total. The van der Waals surface area contributed by atoms with E-state index in [1.807, 2.05) is 4.90 Å². The molecule has 1 spiro atoms. The normalized spacial score (nSPS) is 25.1. The summed E-state index contributed by atoms with van der Waals surface area (Å²) >= 11 is 0. The third-order valence-electron chi connectivity index (χ3n) is 3.02. The summed E-state index contributed by atoms with van der Waals surface area (Å²) in [5.74, 6) is 0. The van der Waals surface area contributed by atoms with Gasteiger partial charge in [-0.05, 0) is 7.05 Å². The number of likely N-dealkylation sites (tertiary alicyclic amines) is 1. The zero-order valence-corrected chi connectivity index (χ0v) is 9.69. The summed E-state index contributed by atoms with van der Waals surface area (Å²) in [4.78, 5) is 17.5. The summed E-state index contributed by atoms with van der Waals surface area (Å²) in [6.45, 7) is 3.97. The Hall–Kier alpha value is -0.810. The fourth-order valence-electron chi connectivity index (χ4n) is 2.42. The predicted molar refractivity (Wildman–Crippen MR) is 56.8 cm³/mol. The van der Waals surface area contributed by atoms with Crippen molar-refractivity contribution in [2.75, 3.05) is 53.9 Å². The Balaban J connectivity index is 1.96. The fraction of sp³-hybridized carbons (Fsp3) is 0.900. The first-order valence-electron chi connectivity index (χ1n) is 5.31. The smallest absolute Gasteiger partial charge is 0.319 e. The van der Waals surface area contributed by atoms with Gasteiger partial charge in [-0.25, -0.2) is 4.79 Å². The molecular formula is C10H19N3O2. The second-order valence-corrected chi connectivity index (χ2v) is 4.80. The summed E-state index contributed by atoms with van der Waals surface area (Å²) in [6, 6.07) is 0.0900. The van der Waals surface area contributed by atoms with E-state index in [0.29, 0.717) is 13.2 Å². The summed E-state index contributed by atoms with van der Waals surface area (Å²) in [5.41, 5.74) is -0.0847. The molecule has 15 heavy (non-hydrogen) atoms. The maximum Gasteiger partial charge on any atom is 0.319 e. The molecule has 2 saturated heterocycles. The Kier molecular flexibility index (Phi) is 2.60. The molecule has 0 radical (unpaired) electrons. The van der Waals surface area contributed by atoms with E-state index in [1.165, 1.54) is 0 Å². The Bertz CT molecular complexity index is 256. The van der Waals surface area contributed by atoms with Crippen molar-refractivity contribution in [1.29, 1.82) is 0 Å². The number of rotatable bonds is 0. The monoisotopic (exact) mass is 213 g/mol. The van der Waals surface area contributed by atoms with Crippen LogP contribution in [0.1, 0.15) is 0 Å². The van der Waals surface area contributed by atoms with Crippen molar-refractivity contribution in [3.8, 4) is 0 Å². The van der Waals surface area contributed by atoms with Crippen LogP contribution in [0.4, 0.5) is 4.79 Å². The summed E-state index contributed by atoms with van der Waals surface area (Å²) in [6.07, 6.45) is 0. The number of urea groups is 1. The highest BCUT2D eigenvalue weighted by Gasteiger charge is 2.46. The SMILES string of the molecule is CN1CC2(C1)CN(C(=O)N(C)C)CCO2.